The molecule has 0 bridgehead atoms. The van der Waals surface area contributed by atoms with E-state index >= 15 is 0 Å². The van der Waals surface area contributed by atoms with Gasteiger partial charge in [0, 0.05) is 26.2 Å². The third kappa shape index (κ3) is 4.15. The number of hydrogen-bond acceptors (Lipinski definition) is 8. The minimum absolute atomic E-state index is 0.392. The summed E-state index contributed by atoms with van der Waals surface area (Å²) in [6.45, 7) is 11.1. The summed E-state index contributed by atoms with van der Waals surface area (Å²) in [6, 6.07) is 0. The van der Waals surface area contributed by atoms with E-state index in [4.69, 9.17) is 10.6 Å². The second-order valence-corrected chi connectivity index (χ2v) is 5.44. The molecule has 0 saturated carbocycles. The molecule has 2 heterocycles. The Morgan fingerprint density at radius 1 is 1.29 bits per heavy atom. The standard InChI is InChI=1S/C13H25N7O/c1-4-19(9-10(2)3)12-15-11(18-14)16-13(17-12)20-5-7-21-8-6-20/h10H,4-9,14H2,1-3H3,(H,15,16,17,18). The lowest BCUT2D eigenvalue weighted by Gasteiger charge is -2.28. The predicted octanol–water partition coefficient (Wildman–Crippen LogP) is 0.476. The van der Waals surface area contributed by atoms with Crippen molar-refractivity contribution in [1.82, 2.24) is 15.0 Å². The van der Waals surface area contributed by atoms with Gasteiger partial charge in [0.15, 0.2) is 0 Å². The van der Waals surface area contributed by atoms with Crippen molar-refractivity contribution in [3.63, 3.8) is 0 Å². The maximum atomic E-state index is 5.50. The van der Waals surface area contributed by atoms with Gasteiger partial charge in [0.05, 0.1) is 13.2 Å². The van der Waals surface area contributed by atoms with Crippen molar-refractivity contribution < 1.29 is 4.74 Å². The molecule has 1 aliphatic heterocycles. The molecule has 3 N–H and O–H groups in total. The molecule has 0 spiro atoms. The number of nitrogens with two attached hydrogens (primary N) is 1. The number of aromatic nitrogens is 3. The largest absolute Gasteiger partial charge is 0.378 e. The zero-order valence-electron chi connectivity index (χ0n) is 13.0. The SMILES string of the molecule is CCN(CC(C)C)c1nc(NN)nc(N2CCOCC2)n1. The molecule has 0 unspecified atom stereocenters. The second-order valence-electron chi connectivity index (χ2n) is 5.44. The number of morpholine rings is 1. The van der Waals surface area contributed by atoms with Crippen molar-refractivity contribution in [1.29, 1.82) is 0 Å². The van der Waals surface area contributed by atoms with E-state index in [1.807, 2.05) is 0 Å². The highest BCUT2D eigenvalue weighted by Crippen LogP contribution is 2.18. The third-order valence-corrected chi connectivity index (χ3v) is 3.28. The van der Waals surface area contributed by atoms with E-state index in [2.05, 4.69) is 50.9 Å². The monoisotopic (exact) mass is 295 g/mol. The summed E-state index contributed by atoms with van der Waals surface area (Å²) in [6.07, 6.45) is 0. The number of nitrogen functional groups attached to an aromatic ring is 1. The van der Waals surface area contributed by atoms with Crippen LogP contribution in [0, 0.1) is 5.92 Å². The topological polar surface area (TPSA) is 92.4 Å². The zero-order valence-corrected chi connectivity index (χ0v) is 13.0. The van der Waals surface area contributed by atoms with E-state index in [0.717, 1.165) is 26.2 Å². The van der Waals surface area contributed by atoms with Gasteiger partial charge >= 0.3 is 0 Å². The average Bonchev–Trinajstić information content (AvgIpc) is 2.52. The van der Waals surface area contributed by atoms with Crippen LogP contribution in [0.15, 0.2) is 0 Å². The number of nitrogens with zero attached hydrogens (tertiary/aromatic N) is 5. The maximum absolute atomic E-state index is 5.50. The average molecular weight is 295 g/mol. The molecule has 1 saturated heterocycles. The summed E-state index contributed by atoms with van der Waals surface area (Å²) < 4.78 is 5.37. The van der Waals surface area contributed by atoms with Crippen molar-refractivity contribution >= 4 is 17.8 Å². The Bertz CT molecular complexity index is 448. The third-order valence-electron chi connectivity index (χ3n) is 3.28. The van der Waals surface area contributed by atoms with E-state index < -0.39 is 0 Å². The quantitative estimate of drug-likeness (QED) is 0.578. The van der Waals surface area contributed by atoms with Crippen LogP contribution in [0.25, 0.3) is 0 Å². The molecule has 8 heteroatoms. The number of ether oxygens (including phenoxy) is 1. The summed E-state index contributed by atoms with van der Waals surface area (Å²) in [7, 11) is 0. The molecule has 0 amide bonds. The molecule has 2 rings (SSSR count). The van der Waals surface area contributed by atoms with Crippen LogP contribution in [0.1, 0.15) is 20.8 Å². The van der Waals surface area contributed by atoms with Crippen LogP contribution in [-0.2, 0) is 4.74 Å². The molecule has 1 aliphatic rings. The zero-order chi connectivity index (χ0) is 15.2. The van der Waals surface area contributed by atoms with Crippen molar-refractivity contribution in [3.8, 4) is 0 Å². The second kappa shape index (κ2) is 7.37. The summed E-state index contributed by atoms with van der Waals surface area (Å²) in [5.41, 5.74) is 2.53. The van der Waals surface area contributed by atoms with Gasteiger partial charge in [-0.05, 0) is 12.8 Å². The van der Waals surface area contributed by atoms with Crippen LogP contribution in [0.3, 0.4) is 0 Å². The predicted molar refractivity (Wildman–Crippen MR) is 83.4 cm³/mol. The number of nitrogens with one attached hydrogen (secondary N) is 1. The first-order valence-corrected chi connectivity index (χ1v) is 7.44. The van der Waals surface area contributed by atoms with Gasteiger partial charge in [-0.15, -0.1) is 0 Å². The van der Waals surface area contributed by atoms with Gasteiger partial charge in [0.2, 0.25) is 17.8 Å². The van der Waals surface area contributed by atoms with Crippen LogP contribution >= 0.6 is 0 Å². The Morgan fingerprint density at radius 2 is 2.00 bits per heavy atom. The van der Waals surface area contributed by atoms with Crippen LogP contribution in [0.2, 0.25) is 0 Å². The van der Waals surface area contributed by atoms with Crippen LogP contribution in [-0.4, -0.2) is 54.3 Å². The number of hydrogen-bond donors (Lipinski definition) is 2. The molecule has 0 radical (unpaired) electrons. The molecule has 1 fully saturated rings. The minimum Gasteiger partial charge on any atom is -0.378 e. The summed E-state index contributed by atoms with van der Waals surface area (Å²) in [4.78, 5) is 17.6. The fraction of sp³-hybridized carbons (Fsp3) is 0.769. The lowest BCUT2D eigenvalue weighted by atomic mass is 10.2. The molecule has 0 aliphatic carbocycles. The summed E-state index contributed by atoms with van der Waals surface area (Å²) in [5, 5.41) is 0. The first-order chi connectivity index (χ1) is 10.1. The normalized spacial score (nSPS) is 15.4. The molecule has 1 aromatic heterocycles. The Labute approximate surface area is 125 Å². The van der Waals surface area contributed by atoms with E-state index in [0.29, 0.717) is 37.0 Å². The number of rotatable bonds is 6. The lowest BCUT2D eigenvalue weighted by molar-refractivity contribution is 0.122. The molecular weight excluding hydrogens is 270 g/mol. The molecule has 118 valence electrons. The van der Waals surface area contributed by atoms with Gasteiger partial charge in [-0.3, -0.25) is 5.43 Å². The Balaban J connectivity index is 2.27. The van der Waals surface area contributed by atoms with Gasteiger partial charge in [-0.2, -0.15) is 15.0 Å². The first kappa shape index (κ1) is 15.7. The highest BCUT2D eigenvalue weighted by atomic mass is 16.5. The van der Waals surface area contributed by atoms with E-state index in [1.165, 1.54) is 0 Å². The summed E-state index contributed by atoms with van der Waals surface area (Å²) in [5.74, 6) is 7.73. The Morgan fingerprint density at radius 3 is 2.57 bits per heavy atom. The van der Waals surface area contributed by atoms with Gasteiger partial charge in [-0.25, -0.2) is 5.84 Å². The molecule has 8 nitrogen and oxygen atoms in total. The van der Waals surface area contributed by atoms with Gasteiger partial charge in [0.25, 0.3) is 0 Å². The first-order valence-electron chi connectivity index (χ1n) is 7.44. The maximum Gasteiger partial charge on any atom is 0.243 e. The van der Waals surface area contributed by atoms with Crippen molar-refractivity contribution in [3.05, 3.63) is 0 Å². The van der Waals surface area contributed by atoms with E-state index in [1.54, 1.807) is 0 Å². The fourth-order valence-electron chi connectivity index (χ4n) is 2.26. The van der Waals surface area contributed by atoms with E-state index in [9.17, 15) is 0 Å². The lowest BCUT2D eigenvalue weighted by Crippen LogP contribution is -2.38. The van der Waals surface area contributed by atoms with Crippen molar-refractivity contribution in [2.75, 3.05) is 54.6 Å². The van der Waals surface area contributed by atoms with Crippen LogP contribution < -0.4 is 21.1 Å². The van der Waals surface area contributed by atoms with Gasteiger partial charge in [0.1, 0.15) is 0 Å². The van der Waals surface area contributed by atoms with Crippen LogP contribution in [0.4, 0.5) is 17.8 Å². The molecular formula is C13H25N7O. The fourth-order valence-corrected chi connectivity index (χ4v) is 2.26. The van der Waals surface area contributed by atoms with Gasteiger partial charge < -0.3 is 14.5 Å². The molecule has 0 atom stereocenters. The van der Waals surface area contributed by atoms with Crippen LogP contribution in [0.5, 0.6) is 0 Å². The Hall–Kier alpha value is -1.67. The van der Waals surface area contributed by atoms with E-state index in [-0.39, 0.29) is 0 Å². The molecule has 0 aromatic carbocycles. The van der Waals surface area contributed by atoms with Crippen molar-refractivity contribution in [2.24, 2.45) is 11.8 Å². The number of hydrazine groups is 1. The Kier molecular flexibility index (Phi) is 5.51. The smallest absolute Gasteiger partial charge is 0.243 e. The van der Waals surface area contributed by atoms with Gasteiger partial charge in [-0.1, -0.05) is 13.8 Å². The molecule has 1 aromatic rings. The van der Waals surface area contributed by atoms with Crippen molar-refractivity contribution in [2.45, 2.75) is 20.8 Å². The highest BCUT2D eigenvalue weighted by molar-refractivity contribution is 5.45. The minimum atomic E-state index is 0.392. The number of anilines is 3. The highest BCUT2D eigenvalue weighted by Gasteiger charge is 2.18. The molecule has 21 heavy (non-hydrogen) atoms. The summed E-state index contributed by atoms with van der Waals surface area (Å²) >= 11 is 0.